The Kier molecular flexibility index (Phi) is 6.61. The average Bonchev–Trinajstić information content (AvgIpc) is 3.36. The molecule has 0 aliphatic carbocycles. The second-order valence-electron chi connectivity index (χ2n) is 9.05. The van der Waals surface area contributed by atoms with E-state index >= 15 is 0 Å². The number of carbonyl (C=O) groups excluding carboxylic acids is 2. The van der Waals surface area contributed by atoms with E-state index in [0.29, 0.717) is 15.6 Å². The van der Waals surface area contributed by atoms with E-state index in [1.807, 2.05) is 80.7 Å². The Morgan fingerprint density at radius 1 is 0.861 bits per heavy atom. The first kappa shape index (κ1) is 24.2. The van der Waals surface area contributed by atoms with Gasteiger partial charge in [-0.15, -0.1) is 0 Å². The third-order valence-corrected chi connectivity index (χ3v) is 6.92. The van der Waals surface area contributed by atoms with Gasteiger partial charge >= 0.3 is 0 Å². The highest BCUT2D eigenvalue weighted by Gasteiger charge is 2.37. The lowest BCUT2D eigenvalue weighted by Crippen LogP contribution is -2.48. The van der Waals surface area contributed by atoms with Crippen molar-refractivity contribution >= 4 is 40.7 Å². The van der Waals surface area contributed by atoms with Crippen LogP contribution in [0.1, 0.15) is 41.5 Å². The number of aromatic nitrogens is 1. The number of hydrogen-bond acceptors (Lipinski definition) is 2. The van der Waals surface area contributed by atoms with Gasteiger partial charge < -0.3 is 9.47 Å². The van der Waals surface area contributed by atoms with E-state index in [4.69, 9.17) is 23.2 Å². The van der Waals surface area contributed by atoms with Crippen molar-refractivity contribution in [1.29, 1.82) is 0 Å². The third-order valence-electron chi connectivity index (χ3n) is 6.43. The molecule has 1 aliphatic rings. The summed E-state index contributed by atoms with van der Waals surface area (Å²) in [4.78, 5) is 30.9. The summed E-state index contributed by atoms with van der Waals surface area (Å²) in [5.74, 6) is -0.404. The van der Waals surface area contributed by atoms with Crippen LogP contribution in [0.25, 0.3) is 5.69 Å². The molecule has 0 bridgehead atoms. The van der Waals surface area contributed by atoms with Crippen molar-refractivity contribution in [1.82, 2.24) is 9.47 Å². The Morgan fingerprint density at radius 2 is 1.58 bits per heavy atom. The van der Waals surface area contributed by atoms with E-state index < -0.39 is 6.04 Å². The molecule has 0 N–H and O–H groups in total. The van der Waals surface area contributed by atoms with Gasteiger partial charge in [-0.3, -0.25) is 14.5 Å². The summed E-state index contributed by atoms with van der Waals surface area (Å²) < 4.78 is 2.10. The highest BCUT2D eigenvalue weighted by molar-refractivity contribution is 6.31. The molecule has 0 saturated heterocycles. The minimum Gasteiger partial charge on any atom is -0.327 e. The monoisotopic (exact) mass is 517 g/mol. The molecule has 0 fully saturated rings. The molecule has 7 heteroatoms. The van der Waals surface area contributed by atoms with Gasteiger partial charge in [0.15, 0.2) is 0 Å². The van der Waals surface area contributed by atoms with Crippen molar-refractivity contribution in [3.63, 3.8) is 0 Å². The number of halogens is 2. The Labute approximate surface area is 220 Å². The lowest BCUT2D eigenvalue weighted by Gasteiger charge is -2.40. The molecule has 2 amide bonds. The van der Waals surface area contributed by atoms with Crippen LogP contribution in [-0.2, 0) is 4.79 Å². The predicted octanol–water partition coefficient (Wildman–Crippen LogP) is 6.77. The molecule has 182 valence electrons. The van der Waals surface area contributed by atoms with Crippen LogP contribution in [0.2, 0.25) is 10.0 Å². The lowest BCUT2D eigenvalue weighted by molar-refractivity contribution is -0.120. The fraction of sp³-hybridized carbons (Fsp3) is 0.172. The van der Waals surface area contributed by atoms with Crippen LogP contribution >= 0.6 is 23.2 Å². The van der Waals surface area contributed by atoms with Crippen LogP contribution in [0.3, 0.4) is 0 Å². The molecule has 36 heavy (non-hydrogen) atoms. The van der Waals surface area contributed by atoms with Crippen molar-refractivity contribution in [3.8, 4) is 5.69 Å². The van der Waals surface area contributed by atoms with Gasteiger partial charge in [0, 0.05) is 27.8 Å². The van der Waals surface area contributed by atoms with Gasteiger partial charge in [-0.25, -0.2) is 0 Å². The number of benzene rings is 3. The molecule has 4 aromatic rings. The summed E-state index contributed by atoms with van der Waals surface area (Å²) in [5.41, 5.74) is 4.01. The second kappa shape index (κ2) is 9.84. The van der Waals surface area contributed by atoms with Gasteiger partial charge in [-0.2, -0.15) is 0 Å². The molecule has 2 heterocycles. The van der Waals surface area contributed by atoms with Crippen LogP contribution in [0, 0.1) is 0 Å². The molecule has 5 nitrogen and oxygen atoms in total. The van der Waals surface area contributed by atoms with Gasteiger partial charge in [0.25, 0.3) is 5.91 Å². The maximum Gasteiger partial charge on any atom is 0.254 e. The highest BCUT2D eigenvalue weighted by Crippen LogP contribution is 2.42. The molecule has 0 radical (unpaired) electrons. The predicted molar refractivity (Wildman–Crippen MR) is 144 cm³/mol. The topological polar surface area (TPSA) is 45.6 Å². The van der Waals surface area contributed by atoms with Gasteiger partial charge in [0.1, 0.15) is 12.6 Å². The maximum atomic E-state index is 14.1. The zero-order chi connectivity index (χ0) is 25.4. The Morgan fingerprint density at radius 3 is 2.28 bits per heavy atom. The van der Waals surface area contributed by atoms with Crippen LogP contribution < -0.4 is 4.90 Å². The molecular weight excluding hydrogens is 493 g/mol. The minimum atomic E-state index is -0.402. The van der Waals surface area contributed by atoms with Crippen molar-refractivity contribution < 1.29 is 9.59 Å². The normalized spacial score (nSPS) is 14.4. The van der Waals surface area contributed by atoms with E-state index in [9.17, 15) is 9.59 Å². The Bertz CT molecular complexity index is 1430. The molecular formula is C29H25Cl2N3O2. The van der Waals surface area contributed by atoms with Crippen molar-refractivity contribution in [3.05, 3.63) is 118 Å². The summed E-state index contributed by atoms with van der Waals surface area (Å²) in [6, 6.07) is 25.5. The smallest absolute Gasteiger partial charge is 0.254 e. The molecule has 0 saturated carbocycles. The van der Waals surface area contributed by atoms with E-state index in [-0.39, 0.29) is 24.4 Å². The van der Waals surface area contributed by atoms with Crippen molar-refractivity contribution in [2.24, 2.45) is 0 Å². The third kappa shape index (κ3) is 4.41. The minimum absolute atomic E-state index is 0.0781. The van der Waals surface area contributed by atoms with Crippen LogP contribution in [0.5, 0.6) is 0 Å². The number of nitrogens with zero attached hydrogens (tertiary/aromatic N) is 3. The summed E-state index contributed by atoms with van der Waals surface area (Å²) >= 11 is 12.4. The zero-order valence-electron chi connectivity index (χ0n) is 19.9. The average molecular weight is 518 g/mol. The number of anilines is 1. The number of hydrogen-bond donors (Lipinski definition) is 0. The number of amides is 2. The second-order valence-corrected chi connectivity index (χ2v) is 9.92. The quantitative estimate of drug-likeness (QED) is 0.293. The summed E-state index contributed by atoms with van der Waals surface area (Å²) in [7, 11) is 0. The van der Waals surface area contributed by atoms with Crippen LogP contribution in [-0.4, -0.2) is 33.9 Å². The summed E-state index contributed by atoms with van der Waals surface area (Å²) in [5, 5.41) is 1.15. The van der Waals surface area contributed by atoms with Gasteiger partial charge in [-0.1, -0.05) is 47.5 Å². The first-order valence-corrected chi connectivity index (χ1v) is 12.5. The van der Waals surface area contributed by atoms with Crippen LogP contribution in [0.4, 0.5) is 5.69 Å². The van der Waals surface area contributed by atoms with E-state index in [1.165, 1.54) is 0 Å². The molecule has 1 unspecified atom stereocenters. The SMILES string of the molecule is CC(C)N(CC(=O)N1c2ccccc2-n2cccc2C1c1cccc(Cl)c1)C(=O)c1ccc(Cl)cc1. The van der Waals surface area contributed by atoms with Crippen molar-refractivity contribution in [2.75, 3.05) is 11.4 Å². The fourth-order valence-electron chi connectivity index (χ4n) is 4.72. The Balaban J connectivity index is 1.57. The van der Waals surface area contributed by atoms with Gasteiger partial charge in [0.05, 0.1) is 17.1 Å². The zero-order valence-corrected chi connectivity index (χ0v) is 21.4. The number of fused-ring (bicyclic) bond motifs is 3. The summed E-state index contributed by atoms with van der Waals surface area (Å²) in [6.45, 7) is 3.74. The number of rotatable bonds is 5. The molecule has 1 aromatic heterocycles. The maximum absolute atomic E-state index is 14.1. The van der Waals surface area contributed by atoms with E-state index in [0.717, 1.165) is 22.6 Å². The van der Waals surface area contributed by atoms with Crippen LogP contribution in [0.15, 0.2) is 91.1 Å². The fourth-order valence-corrected chi connectivity index (χ4v) is 5.05. The van der Waals surface area contributed by atoms with Crippen molar-refractivity contribution in [2.45, 2.75) is 25.9 Å². The Hall–Kier alpha value is -3.54. The molecule has 5 rings (SSSR count). The van der Waals surface area contributed by atoms with E-state index in [2.05, 4.69) is 4.57 Å². The lowest BCUT2D eigenvalue weighted by atomic mass is 9.97. The molecule has 1 aliphatic heterocycles. The van der Waals surface area contributed by atoms with E-state index in [1.54, 1.807) is 34.1 Å². The molecule has 1 atom stereocenters. The molecule has 0 spiro atoms. The summed E-state index contributed by atoms with van der Waals surface area (Å²) in [6.07, 6.45) is 2.00. The largest absolute Gasteiger partial charge is 0.327 e. The standard InChI is InChI=1S/C29H25Cl2N3O2/c1-19(2)33(29(36)20-12-14-22(30)15-13-20)18-27(35)34-25-10-4-3-9-24(25)32-16-6-11-26(32)28(34)21-7-5-8-23(31)17-21/h3-17,19,28H,18H2,1-2H3. The van der Waals surface area contributed by atoms with Gasteiger partial charge in [0.2, 0.25) is 5.91 Å². The first-order valence-electron chi connectivity index (χ1n) is 11.8. The first-order chi connectivity index (χ1) is 17.3. The highest BCUT2D eigenvalue weighted by atomic mass is 35.5. The van der Waals surface area contributed by atoms with Gasteiger partial charge in [-0.05, 0) is 80.1 Å². The number of carbonyl (C=O) groups is 2. The molecule has 3 aromatic carbocycles. The number of para-hydroxylation sites is 2.